The average molecular weight is 376 g/mol. The Morgan fingerprint density at radius 1 is 1.07 bits per heavy atom. The molecule has 5 heteroatoms. The Kier molecular flexibility index (Phi) is 7.42. The van der Waals surface area contributed by atoms with Crippen molar-refractivity contribution in [3.05, 3.63) is 34.9 Å². The van der Waals surface area contributed by atoms with E-state index < -0.39 is 0 Å². The number of allylic oxidation sites excluding steroid dienone is 4. The first kappa shape index (κ1) is 21.4. The van der Waals surface area contributed by atoms with Crippen LogP contribution in [0.4, 0.5) is 0 Å². The lowest BCUT2D eigenvalue weighted by Gasteiger charge is -2.13. The lowest BCUT2D eigenvalue weighted by atomic mass is 9.92. The topological polar surface area (TPSA) is 65.1 Å². The van der Waals surface area contributed by atoms with E-state index in [1.165, 1.54) is 19.8 Å². The van der Waals surface area contributed by atoms with Gasteiger partial charge in [0.25, 0.3) is 0 Å². The van der Waals surface area contributed by atoms with Gasteiger partial charge in [0.05, 0.1) is 25.9 Å². The van der Waals surface area contributed by atoms with Gasteiger partial charge in [-0.3, -0.25) is 0 Å². The summed E-state index contributed by atoms with van der Waals surface area (Å²) in [4.78, 5) is 24.3. The minimum atomic E-state index is -0.293. The molecule has 0 unspecified atom stereocenters. The normalized spacial score (nSPS) is 32.5. The van der Waals surface area contributed by atoms with Crippen LogP contribution in [0.1, 0.15) is 59.3 Å². The maximum atomic E-state index is 12.1. The lowest BCUT2D eigenvalue weighted by molar-refractivity contribution is -0.137. The van der Waals surface area contributed by atoms with E-state index in [2.05, 4.69) is 20.8 Å². The summed E-state index contributed by atoms with van der Waals surface area (Å²) in [6.45, 7) is 6.32. The molecule has 1 aliphatic heterocycles. The molecular weight excluding hydrogens is 344 g/mol. The molecule has 0 aromatic carbocycles. The molecule has 150 valence electrons. The first-order valence-corrected chi connectivity index (χ1v) is 9.73. The van der Waals surface area contributed by atoms with Gasteiger partial charge < -0.3 is 14.2 Å². The Bertz CT molecular complexity index is 656. The third kappa shape index (κ3) is 5.80. The quantitative estimate of drug-likeness (QED) is 0.543. The van der Waals surface area contributed by atoms with E-state index in [9.17, 15) is 9.59 Å². The molecule has 0 bridgehead atoms. The van der Waals surface area contributed by atoms with Crippen molar-refractivity contribution < 1.29 is 23.8 Å². The summed E-state index contributed by atoms with van der Waals surface area (Å²) in [5.41, 5.74) is 2.38. The van der Waals surface area contributed by atoms with Gasteiger partial charge in [0, 0.05) is 11.1 Å². The zero-order valence-electron chi connectivity index (χ0n) is 17.2. The second-order valence-corrected chi connectivity index (χ2v) is 7.80. The van der Waals surface area contributed by atoms with E-state index in [-0.39, 0.29) is 23.6 Å². The van der Waals surface area contributed by atoms with Crippen molar-refractivity contribution in [3.8, 4) is 0 Å². The highest BCUT2D eigenvalue weighted by molar-refractivity contribution is 5.89. The van der Waals surface area contributed by atoms with Crippen LogP contribution < -0.4 is 0 Å². The molecule has 2 aliphatic rings. The van der Waals surface area contributed by atoms with Gasteiger partial charge in [0.15, 0.2) is 0 Å². The number of esters is 2. The van der Waals surface area contributed by atoms with Crippen LogP contribution in [0.3, 0.4) is 0 Å². The second kappa shape index (κ2) is 9.36. The van der Waals surface area contributed by atoms with E-state index in [1.807, 2.05) is 18.2 Å². The van der Waals surface area contributed by atoms with Crippen molar-refractivity contribution in [2.75, 3.05) is 14.2 Å². The summed E-state index contributed by atoms with van der Waals surface area (Å²) in [6, 6.07) is 0. The van der Waals surface area contributed by atoms with Crippen molar-refractivity contribution in [2.24, 2.45) is 5.92 Å². The number of epoxide rings is 1. The molecule has 1 saturated heterocycles. The fourth-order valence-corrected chi connectivity index (χ4v) is 3.55. The standard InChI is InChI=1S/C22H32O5/c1-15(2)16-8-10-17(20(23)25-4)7-6-14-22(3)19(27-22)13-12-18(11-9-16)21(24)26-5/h7,9,11,15,19H,6,8,10,12-14H2,1-5H3/b16-9+,17-7-,18-11-/t19-,22-/m1/s1. The molecule has 27 heavy (non-hydrogen) atoms. The van der Waals surface area contributed by atoms with Gasteiger partial charge in [-0.1, -0.05) is 37.6 Å². The van der Waals surface area contributed by atoms with Crippen molar-refractivity contribution in [1.29, 1.82) is 0 Å². The monoisotopic (exact) mass is 376 g/mol. The Balaban J connectivity index is 2.31. The number of carbonyl (C=O) groups excluding carboxylic acids is 2. The molecule has 5 nitrogen and oxygen atoms in total. The highest BCUT2D eigenvalue weighted by Crippen LogP contribution is 2.43. The van der Waals surface area contributed by atoms with Crippen molar-refractivity contribution in [1.82, 2.24) is 0 Å². The van der Waals surface area contributed by atoms with Gasteiger partial charge in [-0.05, 0) is 51.4 Å². The summed E-state index contributed by atoms with van der Waals surface area (Å²) < 4.78 is 15.8. The Morgan fingerprint density at radius 3 is 2.37 bits per heavy atom. The molecule has 0 aromatic rings. The summed E-state index contributed by atoms with van der Waals surface area (Å²) in [7, 11) is 2.83. The van der Waals surface area contributed by atoms with E-state index >= 15 is 0 Å². The molecule has 1 heterocycles. The molecule has 2 atom stereocenters. The van der Waals surface area contributed by atoms with Crippen molar-refractivity contribution in [3.63, 3.8) is 0 Å². The highest BCUT2D eigenvalue weighted by Gasteiger charge is 2.50. The first-order chi connectivity index (χ1) is 12.8. The van der Waals surface area contributed by atoms with Gasteiger partial charge in [0.2, 0.25) is 0 Å². The fraction of sp³-hybridized carbons (Fsp3) is 0.636. The summed E-state index contributed by atoms with van der Waals surface area (Å²) >= 11 is 0. The molecule has 2 rings (SSSR count). The lowest BCUT2D eigenvalue weighted by Crippen LogP contribution is -2.12. The summed E-state index contributed by atoms with van der Waals surface area (Å²) in [5, 5.41) is 0. The largest absolute Gasteiger partial charge is 0.466 e. The fourth-order valence-electron chi connectivity index (χ4n) is 3.55. The van der Waals surface area contributed by atoms with Gasteiger partial charge in [0.1, 0.15) is 0 Å². The highest BCUT2D eigenvalue weighted by atomic mass is 16.6. The zero-order valence-corrected chi connectivity index (χ0v) is 17.2. The number of hydrogen-bond donors (Lipinski definition) is 0. The van der Waals surface area contributed by atoms with Gasteiger partial charge in [-0.25, -0.2) is 9.59 Å². The van der Waals surface area contributed by atoms with Gasteiger partial charge in [-0.15, -0.1) is 0 Å². The zero-order chi connectivity index (χ0) is 20.0. The molecule has 1 aliphatic carbocycles. The molecule has 1 fully saturated rings. The molecule has 0 spiro atoms. The van der Waals surface area contributed by atoms with E-state index in [4.69, 9.17) is 14.2 Å². The molecule has 0 amide bonds. The smallest absolute Gasteiger partial charge is 0.333 e. The van der Waals surface area contributed by atoms with Crippen LogP contribution in [-0.4, -0.2) is 37.9 Å². The van der Waals surface area contributed by atoms with Crippen LogP contribution in [0.5, 0.6) is 0 Å². The molecule has 0 radical (unpaired) electrons. The minimum Gasteiger partial charge on any atom is -0.466 e. The number of hydrogen-bond acceptors (Lipinski definition) is 5. The van der Waals surface area contributed by atoms with Crippen LogP contribution in [0, 0.1) is 5.92 Å². The third-order valence-corrected chi connectivity index (χ3v) is 5.56. The second-order valence-electron chi connectivity index (χ2n) is 7.80. The number of ether oxygens (including phenoxy) is 3. The number of fused-ring (bicyclic) bond motifs is 1. The predicted octanol–water partition coefficient (Wildman–Crippen LogP) is 4.28. The van der Waals surface area contributed by atoms with E-state index in [0.717, 1.165) is 25.7 Å². The molecule has 0 N–H and O–H groups in total. The first-order valence-electron chi connectivity index (χ1n) is 9.73. The van der Waals surface area contributed by atoms with Crippen molar-refractivity contribution in [2.45, 2.75) is 71.0 Å². The van der Waals surface area contributed by atoms with E-state index in [0.29, 0.717) is 29.9 Å². The Labute approximate surface area is 162 Å². The Morgan fingerprint density at radius 2 is 1.74 bits per heavy atom. The predicted molar refractivity (Wildman–Crippen MR) is 104 cm³/mol. The maximum absolute atomic E-state index is 12.1. The average Bonchev–Trinajstić information content (AvgIpc) is 3.30. The molecule has 0 aromatic heterocycles. The number of methoxy groups -OCH3 is 2. The SMILES string of the molecule is COC(=O)/C1=C\CC[C@@]2(C)O[C@@H]2CC/C(C(=O)OC)=C/C=C(/C(C)C)CC1. The molecule has 0 saturated carbocycles. The van der Waals surface area contributed by atoms with Crippen LogP contribution in [0.15, 0.2) is 34.9 Å². The van der Waals surface area contributed by atoms with Crippen LogP contribution in [-0.2, 0) is 23.8 Å². The third-order valence-electron chi connectivity index (χ3n) is 5.56. The number of rotatable bonds is 3. The summed E-state index contributed by atoms with van der Waals surface area (Å²) in [6.07, 6.45) is 10.4. The number of carbonyl (C=O) groups is 2. The maximum Gasteiger partial charge on any atom is 0.333 e. The van der Waals surface area contributed by atoms with Crippen LogP contribution >= 0.6 is 0 Å². The van der Waals surface area contributed by atoms with E-state index in [1.54, 1.807) is 0 Å². The van der Waals surface area contributed by atoms with Gasteiger partial charge in [-0.2, -0.15) is 0 Å². The van der Waals surface area contributed by atoms with Crippen molar-refractivity contribution >= 4 is 11.9 Å². The minimum absolute atomic E-state index is 0.136. The Hall–Kier alpha value is -1.88. The van der Waals surface area contributed by atoms with Crippen LogP contribution in [0.2, 0.25) is 0 Å². The summed E-state index contributed by atoms with van der Waals surface area (Å²) in [5.74, 6) is -0.240. The van der Waals surface area contributed by atoms with Gasteiger partial charge >= 0.3 is 11.9 Å². The van der Waals surface area contributed by atoms with Crippen LogP contribution in [0.25, 0.3) is 0 Å². The molecular formula is C22H32O5.